The van der Waals surface area contributed by atoms with E-state index in [0.717, 1.165) is 23.4 Å². The Kier molecular flexibility index (Phi) is 3.47. The van der Waals surface area contributed by atoms with Crippen LogP contribution >= 0.6 is 0 Å². The number of benzene rings is 1. The van der Waals surface area contributed by atoms with Gasteiger partial charge in [0.2, 0.25) is 0 Å². The third kappa shape index (κ3) is 2.77. The maximum atomic E-state index is 8.70. The van der Waals surface area contributed by atoms with Gasteiger partial charge in [-0.25, -0.2) is 4.98 Å². The lowest BCUT2D eigenvalue weighted by Crippen LogP contribution is -2.29. The summed E-state index contributed by atoms with van der Waals surface area (Å²) in [4.78, 5) is 10.1. The maximum absolute atomic E-state index is 8.70. The number of likely N-dealkylation sites (tertiary alicyclic amines) is 1. The van der Waals surface area contributed by atoms with E-state index in [1.807, 2.05) is 6.07 Å². The van der Waals surface area contributed by atoms with Gasteiger partial charge in [-0.3, -0.25) is 4.90 Å². The molecule has 19 heavy (non-hydrogen) atoms. The Morgan fingerprint density at radius 3 is 2.89 bits per heavy atom. The molecule has 0 aliphatic carbocycles. The van der Waals surface area contributed by atoms with Crippen molar-refractivity contribution in [3.8, 4) is 6.07 Å². The summed E-state index contributed by atoms with van der Waals surface area (Å²) in [6.45, 7) is 3.43. The van der Waals surface area contributed by atoms with Crippen molar-refractivity contribution < 1.29 is 0 Å². The Morgan fingerprint density at radius 2 is 2.11 bits per heavy atom. The van der Waals surface area contributed by atoms with Crippen LogP contribution in [-0.2, 0) is 13.0 Å². The monoisotopic (exact) mass is 254 g/mol. The highest BCUT2D eigenvalue weighted by Gasteiger charge is 2.11. The van der Waals surface area contributed by atoms with Crippen molar-refractivity contribution in [1.29, 1.82) is 5.26 Å². The lowest BCUT2D eigenvalue weighted by molar-refractivity contribution is 0.221. The minimum atomic E-state index is 0.343. The standard InChI is InChI=1S/C15H18N4/c16-7-6-15-17-13-5-4-12(10-14(13)18-15)11-19-8-2-1-3-9-19/h4-5,10H,1-3,6,8-9,11H2,(H,17,18). The van der Waals surface area contributed by atoms with Crippen molar-refractivity contribution in [3.63, 3.8) is 0 Å². The van der Waals surface area contributed by atoms with Gasteiger partial charge in [0.15, 0.2) is 0 Å². The molecule has 0 amide bonds. The van der Waals surface area contributed by atoms with Crippen LogP contribution in [0.25, 0.3) is 11.0 Å². The van der Waals surface area contributed by atoms with Gasteiger partial charge < -0.3 is 4.98 Å². The number of fused-ring (bicyclic) bond motifs is 1. The number of H-pyrrole nitrogens is 1. The molecule has 1 N–H and O–H groups in total. The van der Waals surface area contributed by atoms with Gasteiger partial charge in [0, 0.05) is 6.54 Å². The lowest BCUT2D eigenvalue weighted by atomic mass is 10.1. The molecule has 3 rings (SSSR count). The number of piperidine rings is 1. The van der Waals surface area contributed by atoms with Gasteiger partial charge in [-0.2, -0.15) is 5.26 Å². The van der Waals surface area contributed by atoms with E-state index in [-0.39, 0.29) is 0 Å². The zero-order valence-corrected chi connectivity index (χ0v) is 11.0. The number of hydrogen-bond acceptors (Lipinski definition) is 3. The number of rotatable bonds is 3. The summed E-state index contributed by atoms with van der Waals surface area (Å²) in [6.07, 6.45) is 4.35. The van der Waals surface area contributed by atoms with E-state index in [0.29, 0.717) is 6.42 Å². The topological polar surface area (TPSA) is 55.7 Å². The molecular formula is C15H18N4. The number of nitrogens with one attached hydrogen (secondary N) is 1. The van der Waals surface area contributed by atoms with Gasteiger partial charge in [0.05, 0.1) is 23.5 Å². The molecule has 0 bridgehead atoms. The van der Waals surface area contributed by atoms with Crippen LogP contribution in [-0.4, -0.2) is 28.0 Å². The summed E-state index contributed by atoms with van der Waals surface area (Å²) in [5.41, 5.74) is 3.31. The predicted octanol–water partition coefficient (Wildman–Crippen LogP) is 2.61. The van der Waals surface area contributed by atoms with E-state index < -0.39 is 0 Å². The van der Waals surface area contributed by atoms with Gasteiger partial charge in [-0.05, 0) is 43.6 Å². The number of nitriles is 1. The van der Waals surface area contributed by atoms with Crippen molar-refractivity contribution in [3.05, 3.63) is 29.6 Å². The fraction of sp³-hybridized carbons (Fsp3) is 0.467. The zero-order valence-electron chi connectivity index (χ0n) is 11.0. The Balaban J connectivity index is 1.78. The molecule has 0 saturated carbocycles. The van der Waals surface area contributed by atoms with Gasteiger partial charge in [0.25, 0.3) is 0 Å². The average Bonchev–Trinajstić information content (AvgIpc) is 2.82. The number of aromatic amines is 1. The Morgan fingerprint density at radius 1 is 1.26 bits per heavy atom. The number of hydrogen-bond donors (Lipinski definition) is 1. The van der Waals surface area contributed by atoms with Crippen LogP contribution in [0.4, 0.5) is 0 Å². The van der Waals surface area contributed by atoms with Crippen molar-refractivity contribution in [1.82, 2.24) is 14.9 Å². The molecule has 0 radical (unpaired) electrons. The Hall–Kier alpha value is -1.86. The van der Waals surface area contributed by atoms with Crippen molar-refractivity contribution in [2.24, 2.45) is 0 Å². The third-order valence-electron chi connectivity index (χ3n) is 3.70. The van der Waals surface area contributed by atoms with Crippen LogP contribution in [0.15, 0.2) is 18.2 Å². The van der Waals surface area contributed by atoms with E-state index in [9.17, 15) is 0 Å². The van der Waals surface area contributed by atoms with Crippen LogP contribution in [0.3, 0.4) is 0 Å². The van der Waals surface area contributed by atoms with E-state index in [4.69, 9.17) is 5.26 Å². The van der Waals surface area contributed by atoms with Crippen molar-refractivity contribution >= 4 is 11.0 Å². The minimum absolute atomic E-state index is 0.343. The normalized spacial score (nSPS) is 16.6. The first-order valence-corrected chi connectivity index (χ1v) is 6.92. The molecule has 1 aliphatic rings. The second kappa shape index (κ2) is 5.41. The van der Waals surface area contributed by atoms with Crippen molar-refractivity contribution in [2.45, 2.75) is 32.2 Å². The second-order valence-corrected chi connectivity index (χ2v) is 5.21. The van der Waals surface area contributed by atoms with Crippen molar-refractivity contribution in [2.75, 3.05) is 13.1 Å². The highest BCUT2D eigenvalue weighted by atomic mass is 15.1. The highest BCUT2D eigenvalue weighted by Crippen LogP contribution is 2.17. The van der Waals surface area contributed by atoms with Gasteiger partial charge in [-0.15, -0.1) is 0 Å². The van der Waals surface area contributed by atoms with Gasteiger partial charge >= 0.3 is 0 Å². The molecule has 1 aromatic heterocycles. The fourth-order valence-corrected chi connectivity index (χ4v) is 2.74. The quantitative estimate of drug-likeness (QED) is 0.916. The van der Waals surface area contributed by atoms with E-state index >= 15 is 0 Å². The van der Waals surface area contributed by atoms with E-state index in [1.54, 1.807) is 0 Å². The maximum Gasteiger partial charge on any atom is 0.121 e. The first-order chi connectivity index (χ1) is 9.35. The van der Waals surface area contributed by atoms with Crippen LogP contribution in [0.1, 0.15) is 30.7 Å². The molecule has 98 valence electrons. The largest absolute Gasteiger partial charge is 0.341 e. The molecule has 2 heterocycles. The van der Waals surface area contributed by atoms with E-state index in [1.165, 1.54) is 37.9 Å². The minimum Gasteiger partial charge on any atom is -0.341 e. The van der Waals surface area contributed by atoms with Crippen LogP contribution in [0.5, 0.6) is 0 Å². The molecular weight excluding hydrogens is 236 g/mol. The molecule has 4 nitrogen and oxygen atoms in total. The zero-order chi connectivity index (χ0) is 13.1. The summed E-state index contributed by atoms with van der Waals surface area (Å²) < 4.78 is 0. The fourth-order valence-electron chi connectivity index (χ4n) is 2.74. The molecule has 1 saturated heterocycles. The number of aromatic nitrogens is 2. The molecule has 4 heteroatoms. The summed E-state index contributed by atoms with van der Waals surface area (Å²) in [7, 11) is 0. The van der Waals surface area contributed by atoms with Gasteiger partial charge in [-0.1, -0.05) is 12.5 Å². The first kappa shape index (κ1) is 12.2. The Bertz CT molecular complexity index is 602. The third-order valence-corrected chi connectivity index (χ3v) is 3.70. The summed E-state index contributed by atoms with van der Waals surface area (Å²) in [5.74, 6) is 0.757. The SMILES string of the molecule is N#CCc1nc2ccc(CN3CCCCC3)cc2[nH]1. The molecule has 2 aromatic rings. The molecule has 0 spiro atoms. The number of nitrogens with zero attached hydrogens (tertiary/aromatic N) is 3. The Labute approximate surface area is 113 Å². The second-order valence-electron chi connectivity index (χ2n) is 5.21. The average molecular weight is 254 g/mol. The van der Waals surface area contributed by atoms with E-state index in [2.05, 4.69) is 33.1 Å². The molecule has 1 fully saturated rings. The smallest absolute Gasteiger partial charge is 0.121 e. The summed E-state index contributed by atoms with van der Waals surface area (Å²) >= 11 is 0. The summed E-state index contributed by atoms with van der Waals surface area (Å²) in [5, 5.41) is 8.70. The molecule has 1 aromatic carbocycles. The lowest BCUT2D eigenvalue weighted by Gasteiger charge is -2.26. The molecule has 0 atom stereocenters. The first-order valence-electron chi connectivity index (χ1n) is 6.92. The predicted molar refractivity (Wildman–Crippen MR) is 74.5 cm³/mol. The summed E-state index contributed by atoms with van der Waals surface area (Å²) in [6, 6.07) is 8.48. The van der Waals surface area contributed by atoms with Gasteiger partial charge in [0.1, 0.15) is 5.82 Å². The molecule has 0 unspecified atom stereocenters. The highest BCUT2D eigenvalue weighted by molar-refractivity contribution is 5.75. The number of imidazole rings is 1. The van der Waals surface area contributed by atoms with Crippen LogP contribution in [0.2, 0.25) is 0 Å². The van der Waals surface area contributed by atoms with Crippen LogP contribution in [0, 0.1) is 11.3 Å². The van der Waals surface area contributed by atoms with Crippen LogP contribution < -0.4 is 0 Å². The molecule has 1 aliphatic heterocycles.